The summed E-state index contributed by atoms with van der Waals surface area (Å²) in [6.07, 6.45) is 4.75. The zero-order chi connectivity index (χ0) is 11.3. The van der Waals surface area contributed by atoms with Gasteiger partial charge in [0, 0.05) is 0 Å². The molecule has 0 atom stereocenters. The van der Waals surface area contributed by atoms with Crippen LogP contribution in [0.15, 0.2) is 36.6 Å². The lowest BCUT2D eigenvalue weighted by Crippen LogP contribution is -2.08. The molecule has 0 spiro atoms. The van der Waals surface area contributed by atoms with Gasteiger partial charge in [-0.1, -0.05) is 18.2 Å². The van der Waals surface area contributed by atoms with Gasteiger partial charge >= 0.3 is 10.3 Å². The Balaban J connectivity index is 0.000000195. The molecule has 5 nitrogen and oxygen atoms in total. The Morgan fingerprint density at radius 3 is 2.53 bits per heavy atom. The van der Waals surface area contributed by atoms with Gasteiger partial charge in [-0.25, -0.2) is 5.14 Å². The van der Waals surface area contributed by atoms with E-state index in [1.807, 2.05) is 24.3 Å². The highest BCUT2D eigenvalue weighted by Gasteiger charge is 2.02. The Hall–Kier alpha value is -1.37. The minimum Gasteiger partial charge on any atom is -0.465 e. The van der Waals surface area contributed by atoms with Crippen LogP contribution in [0.4, 0.5) is 0 Å². The largest absolute Gasteiger partial charge is 0.465 e. The highest BCUT2D eigenvalue weighted by Crippen LogP contribution is 2.21. The van der Waals surface area contributed by atoms with Crippen molar-refractivity contribution in [3.05, 3.63) is 42.2 Å². The number of allylic oxidation sites excluding steroid dienone is 1. The van der Waals surface area contributed by atoms with Crippen molar-refractivity contribution in [1.82, 2.24) is 0 Å². The zero-order valence-corrected chi connectivity index (χ0v) is 8.65. The predicted molar refractivity (Wildman–Crippen MR) is 55.7 cm³/mol. The van der Waals surface area contributed by atoms with E-state index in [0.717, 1.165) is 12.2 Å². The average Bonchev–Trinajstić information content (AvgIpc) is 2.16. The number of benzene rings is 1. The van der Waals surface area contributed by atoms with Crippen LogP contribution in [-0.2, 0) is 16.7 Å². The number of rotatable bonds is 0. The molecule has 1 aromatic carbocycles. The van der Waals surface area contributed by atoms with Crippen molar-refractivity contribution in [2.45, 2.75) is 6.42 Å². The number of fused-ring (bicyclic) bond motifs is 1. The molecule has 0 aliphatic carbocycles. The molecule has 0 amide bonds. The number of para-hydroxylation sites is 1. The zero-order valence-electron chi connectivity index (χ0n) is 7.83. The standard InChI is InChI=1S/C9H8O.H3NO3S/c1-2-6-9-8(4-1)5-3-7-10-9;1-5(2,3)4/h1-4,6-7H,5H2;(H3,1,2,3,4). The molecule has 0 radical (unpaired) electrons. The third-order valence-corrected chi connectivity index (χ3v) is 1.60. The van der Waals surface area contributed by atoms with Crippen LogP contribution < -0.4 is 9.88 Å². The molecule has 6 heteroatoms. The van der Waals surface area contributed by atoms with Crippen LogP contribution in [0.2, 0.25) is 0 Å². The summed E-state index contributed by atoms with van der Waals surface area (Å²) in [5.41, 5.74) is 1.27. The SMILES string of the molecule is C1=COc2ccccc2C1.NS(=O)(=O)O. The van der Waals surface area contributed by atoms with Crippen LogP contribution in [-0.4, -0.2) is 13.0 Å². The van der Waals surface area contributed by atoms with E-state index >= 15 is 0 Å². The van der Waals surface area contributed by atoms with Crippen molar-refractivity contribution in [1.29, 1.82) is 0 Å². The van der Waals surface area contributed by atoms with Gasteiger partial charge in [-0.15, -0.1) is 0 Å². The van der Waals surface area contributed by atoms with E-state index in [0.29, 0.717) is 0 Å². The summed E-state index contributed by atoms with van der Waals surface area (Å²) < 4.78 is 30.4. The van der Waals surface area contributed by atoms with Gasteiger partial charge in [0.25, 0.3) is 0 Å². The van der Waals surface area contributed by atoms with Gasteiger partial charge < -0.3 is 4.74 Å². The average molecular weight is 229 g/mol. The van der Waals surface area contributed by atoms with Gasteiger partial charge in [0.05, 0.1) is 6.26 Å². The molecule has 0 bridgehead atoms. The van der Waals surface area contributed by atoms with E-state index in [-0.39, 0.29) is 0 Å². The molecule has 1 aliphatic heterocycles. The number of hydrogen-bond donors (Lipinski definition) is 2. The van der Waals surface area contributed by atoms with Crippen molar-refractivity contribution in [2.75, 3.05) is 0 Å². The summed E-state index contributed by atoms with van der Waals surface area (Å²) in [5.74, 6) is 0.991. The Labute approximate surface area is 88.1 Å². The van der Waals surface area contributed by atoms with Gasteiger partial charge in [0.1, 0.15) is 5.75 Å². The van der Waals surface area contributed by atoms with E-state index in [2.05, 4.69) is 11.2 Å². The lowest BCUT2D eigenvalue weighted by molar-refractivity contribution is 0.464. The molecule has 15 heavy (non-hydrogen) atoms. The van der Waals surface area contributed by atoms with E-state index in [4.69, 9.17) is 17.7 Å². The fourth-order valence-corrected chi connectivity index (χ4v) is 1.08. The number of nitrogens with two attached hydrogens (primary N) is 1. The fraction of sp³-hybridized carbons (Fsp3) is 0.111. The molecular formula is C9H11NO4S. The highest BCUT2D eigenvalue weighted by molar-refractivity contribution is 7.83. The maximum absolute atomic E-state index is 8.97. The Morgan fingerprint density at radius 1 is 1.33 bits per heavy atom. The maximum atomic E-state index is 8.97. The molecule has 0 saturated carbocycles. The topological polar surface area (TPSA) is 89.6 Å². The van der Waals surface area contributed by atoms with E-state index in [1.54, 1.807) is 6.26 Å². The Kier molecular flexibility index (Phi) is 3.84. The summed E-state index contributed by atoms with van der Waals surface area (Å²) in [5, 5.41) is 3.88. The van der Waals surface area contributed by atoms with E-state index < -0.39 is 10.3 Å². The highest BCUT2D eigenvalue weighted by atomic mass is 32.2. The summed E-state index contributed by atoms with van der Waals surface area (Å²) in [6, 6.07) is 8.08. The third kappa shape index (κ3) is 5.16. The van der Waals surface area contributed by atoms with Crippen LogP contribution in [0.1, 0.15) is 5.56 Å². The normalized spacial score (nSPS) is 13.2. The van der Waals surface area contributed by atoms with Crippen molar-refractivity contribution >= 4 is 10.3 Å². The van der Waals surface area contributed by atoms with Crippen LogP contribution in [0.3, 0.4) is 0 Å². The van der Waals surface area contributed by atoms with Gasteiger partial charge in [-0.2, -0.15) is 8.42 Å². The molecule has 1 aromatic rings. The second-order valence-corrected chi connectivity index (χ2v) is 3.85. The second kappa shape index (κ2) is 4.92. The van der Waals surface area contributed by atoms with Crippen LogP contribution in [0.25, 0.3) is 0 Å². The van der Waals surface area contributed by atoms with E-state index in [9.17, 15) is 0 Å². The first-order valence-corrected chi connectivity index (χ1v) is 5.62. The molecule has 1 heterocycles. The smallest absolute Gasteiger partial charge is 0.330 e. The molecule has 0 fully saturated rings. The maximum Gasteiger partial charge on any atom is 0.330 e. The number of ether oxygens (including phenoxy) is 1. The lowest BCUT2D eigenvalue weighted by Gasteiger charge is -2.09. The molecule has 0 saturated heterocycles. The van der Waals surface area contributed by atoms with Crippen molar-refractivity contribution < 1.29 is 17.7 Å². The fourth-order valence-electron chi connectivity index (χ4n) is 1.08. The van der Waals surface area contributed by atoms with Gasteiger partial charge in [-0.05, 0) is 24.1 Å². The van der Waals surface area contributed by atoms with Gasteiger partial charge in [0.2, 0.25) is 0 Å². The third-order valence-electron chi connectivity index (χ3n) is 1.60. The van der Waals surface area contributed by atoms with E-state index in [1.165, 1.54) is 5.56 Å². The van der Waals surface area contributed by atoms with Crippen molar-refractivity contribution in [2.24, 2.45) is 5.14 Å². The van der Waals surface area contributed by atoms with Gasteiger partial charge in [0.15, 0.2) is 0 Å². The van der Waals surface area contributed by atoms with Crippen LogP contribution in [0.5, 0.6) is 5.75 Å². The molecule has 82 valence electrons. The first kappa shape index (κ1) is 11.7. The minimum absolute atomic E-state index is 0.991. The first-order valence-electron chi connectivity index (χ1n) is 4.11. The summed E-state index contributed by atoms with van der Waals surface area (Å²) >= 11 is 0. The van der Waals surface area contributed by atoms with Crippen molar-refractivity contribution in [3.8, 4) is 5.75 Å². The molecule has 3 N–H and O–H groups in total. The first-order chi connectivity index (χ1) is 6.97. The van der Waals surface area contributed by atoms with Crippen LogP contribution >= 0.6 is 0 Å². The molecule has 2 rings (SSSR count). The number of hydrogen-bond acceptors (Lipinski definition) is 3. The quantitative estimate of drug-likeness (QED) is 0.646. The molecule has 0 aromatic heterocycles. The van der Waals surface area contributed by atoms with Gasteiger partial charge in [-0.3, -0.25) is 4.55 Å². The monoisotopic (exact) mass is 229 g/mol. The summed E-state index contributed by atoms with van der Waals surface area (Å²) in [4.78, 5) is 0. The Morgan fingerprint density at radius 2 is 1.93 bits per heavy atom. The predicted octanol–water partition coefficient (Wildman–Crippen LogP) is 0.883. The molecular weight excluding hydrogens is 218 g/mol. The second-order valence-electron chi connectivity index (χ2n) is 2.82. The van der Waals surface area contributed by atoms with Crippen molar-refractivity contribution in [3.63, 3.8) is 0 Å². The molecule has 1 aliphatic rings. The minimum atomic E-state index is -4.17. The Bertz CT molecular complexity index is 418. The lowest BCUT2D eigenvalue weighted by atomic mass is 10.1. The molecule has 0 unspecified atom stereocenters. The van der Waals surface area contributed by atoms with Crippen LogP contribution in [0, 0.1) is 0 Å². The summed E-state index contributed by atoms with van der Waals surface area (Å²) in [7, 11) is -4.17. The summed E-state index contributed by atoms with van der Waals surface area (Å²) in [6.45, 7) is 0.